The minimum absolute atomic E-state index is 0. The molecule has 0 spiro atoms. The van der Waals surface area contributed by atoms with Crippen LogP contribution >= 0.6 is 35.6 Å². The fourth-order valence-corrected chi connectivity index (χ4v) is 1.79. The highest BCUT2D eigenvalue weighted by atomic mass is 127. The molecular formula is C14H19ClIN3O. The molecule has 0 heterocycles. The number of methoxy groups -OCH3 is 1. The third kappa shape index (κ3) is 6.35. The van der Waals surface area contributed by atoms with Crippen molar-refractivity contribution in [3.8, 4) is 18.1 Å². The van der Waals surface area contributed by atoms with Crippen molar-refractivity contribution in [1.29, 1.82) is 0 Å². The molecule has 2 N–H and O–H groups in total. The van der Waals surface area contributed by atoms with E-state index >= 15 is 0 Å². The number of aliphatic imine (C=N–C) groups is 1. The third-order valence-corrected chi connectivity index (χ3v) is 2.88. The highest BCUT2D eigenvalue weighted by molar-refractivity contribution is 14.0. The summed E-state index contributed by atoms with van der Waals surface area (Å²) in [6, 6.07) is 5.66. The molecule has 1 aromatic rings. The minimum Gasteiger partial charge on any atom is -0.497 e. The quantitative estimate of drug-likeness (QED) is 0.341. The smallest absolute Gasteiger partial charge is 0.191 e. The van der Waals surface area contributed by atoms with Crippen LogP contribution in [-0.4, -0.2) is 33.2 Å². The highest BCUT2D eigenvalue weighted by Crippen LogP contribution is 2.22. The molecule has 0 fully saturated rings. The molecule has 0 saturated carbocycles. The van der Waals surface area contributed by atoms with Crippen molar-refractivity contribution < 1.29 is 4.74 Å². The lowest BCUT2D eigenvalue weighted by Crippen LogP contribution is -2.38. The van der Waals surface area contributed by atoms with Crippen LogP contribution in [0.5, 0.6) is 5.75 Å². The predicted octanol–water partition coefficient (Wildman–Crippen LogP) is 2.31. The summed E-state index contributed by atoms with van der Waals surface area (Å²) in [4.78, 5) is 4.05. The first-order valence-electron chi connectivity index (χ1n) is 5.91. The van der Waals surface area contributed by atoms with Gasteiger partial charge >= 0.3 is 0 Å². The van der Waals surface area contributed by atoms with Gasteiger partial charge in [-0.1, -0.05) is 23.6 Å². The van der Waals surface area contributed by atoms with Gasteiger partial charge in [-0.2, -0.15) is 0 Å². The Bertz CT molecular complexity index is 486. The van der Waals surface area contributed by atoms with Crippen LogP contribution < -0.4 is 15.4 Å². The highest BCUT2D eigenvalue weighted by Gasteiger charge is 2.03. The summed E-state index contributed by atoms with van der Waals surface area (Å²) in [5.74, 6) is 3.94. The summed E-state index contributed by atoms with van der Waals surface area (Å²) in [7, 11) is 3.32. The van der Waals surface area contributed by atoms with Crippen molar-refractivity contribution in [2.45, 2.75) is 6.42 Å². The van der Waals surface area contributed by atoms with E-state index in [1.807, 2.05) is 18.2 Å². The molecule has 0 saturated heterocycles. The molecule has 0 aliphatic rings. The van der Waals surface area contributed by atoms with Gasteiger partial charge in [0.05, 0.1) is 13.7 Å². The Kier molecular flexibility index (Phi) is 10.0. The van der Waals surface area contributed by atoms with Crippen molar-refractivity contribution in [3.05, 3.63) is 28.8 Å². The van der Waals surface area contributed by atoms with Gasteiger partial charge in [0.25, 0.3) is 0 Å². The van der Waals surface area contributed by atoms with Crippen LogP contribution in [0.3, 0.4) is 0 Å². The van der Waals surface area contributed by atoms with Crippen molar-refractivity contribution in [2.24, 2.45) is 4.99 Å². The van der Waals surface area contributed by atoms with Crippen molar-refractivity contribution in [2.75, 3.05) is 27.2 Å². The molecule has 0 aliphatic carbocycles. The van der Waals surface area contributed by atoms with Crippen LogP contribution in [0.1, 0.15) is 5.56 Å². The van der Waals surface area contributed by atoms with Gasteiger partial charge < -0.3 is 15.4 Å². The van der Waals surface area contributed by atoms with E-state index in [2.05, 4.69) is 21.5 Å². The Balaban J connectivity index is 0.00000361. The maximum atomic E-state index is 6.16. The monoisotopic (exact) mass is 407 g/mol. The second-order valence-corrected chi connectivity index (χ2v) is 4.17. The first kappa shape index (κ1) is 18.9. The summed E-state index contributed by atoms with van der Waals surface area (Å²) < 4.78 is 5.11. The third-order valence-electron chi connectivity index (χ3n) is 2.53. The predicted molar refractivity (Wildman–Crippen MR) is 95.3 cm³/mol. The van der Waals surface area contributed by atoms with Gasteiger partial charge in [0.1, 0.15) is 5.75 Å². The molecule has 0 aliphatic heterocycles. The van der Waals surface area contributed by atoms with Crippen LogP contribution in [0, 0.1) is 12.3 Å². The first-order valence-corrected chi connectivity index (χ1v) is 6.29. The Morgan fingerprint density at radius 1 is 1.45 bits per heavy atom. The van der Waals surface area contributed by atoms with E-state index in [-0.39, 0.29) is 24.0 Å². The van der Waals surface area contributed by atoms with Crippen LogP contribution in [0.15, 0.2) is 23.2 Å². The number of halogens is 2. The number of benzene rings is 1. The standard InChI is InChI=1S/C14H18ClN3O.HI/c1-4-8-17-14(16-2)18-9-7-11-5-6-12(19-3)10-13(11)15;/h1,5-6,10H,7-9H2,2-3H3,(H2,16,17,18);1H. The average Bonchev–Trinajstić information content (AvgIpc) is 2.44. The number of nitrogens with zero attached hydrogens (tertiary/aromatic N) is 1. The van der Waals surface area contributed by atoms with Crippen LogP contribution in [0.4, 0.5) is 0 Å². The molecule has 1 rings (SSSR count). The van der Waals surface area contributed by atoms with E-state index in [1.54, 1.807) is 14.2 Å². The van der Waals surface area contributed by atoms with Gasteiger partial charge in [-0.25, -0.2) is 0 Å². The molecule has 1 aromatic carbocycles. The number of terminal acetylenes is 1. The van der Waals surface area contributed by atoms with Crippen molar-refractivity contribution >= 4 is 41.5 Å². The van der Waals surface area contributed by atoms with E-state index in [1.165, 1.54) is 0 Å². The Labute approximate surface area is 142 Å². The molecule has 20 heavy (non-hydrogen) atoms. The Hall–Kier alpha value is -1.13. The molecule has 0 unspecified atom stereocenters. The van der Waals surface area contributed by atoms with Crippen molar-refractivity contribution in [1.82, 2.24) is 10.6 Å². The molecular weight excluding hydrogens is 389 g/mol. The van der Waals surface area contributed by atoms with Gasteiger partial charge in [0.15, 0.2) is 5.96 Å². The molecule has 0 radical (unpaired) electrons. The lowest BCUT2D eigenvalue weighted by Gasteiger charge is -2.11. The summed E-state index contributed by atoms with van der Waals surface area (Å²) >= 11 is 6.16. The van der Waals surface area contributed by atoms with Gasteiger partial charge in [0, 0.05) is 18.6 Å². The molecule has 0 atom stereocenters. The number of nitrogens with one attached hydrogen (secondary N) is 2. The fourth-order valence-electron chi connectivity index (χ4n) is 1.53. The van der Waals surface area contributed by atoms with Crippen molar-refractivity contribution in [3.63, 3.8) is 0 Å². The van der Waals surface area contributed by atoms with Gasteiger partial charge in [-0.05, 0) is 24.1 Å². The lowest BCUT2D eigenvalue weighted by atomic mass is 10.1. The SMILES string of the molecule is C#CCNC(=NC)NCCc1ccc(OC)cc1Cl.I. The molecule has 6 heteroatoms. The average molecular weight is 408 g/mol. The summed E-state index contributed by atoms with van der Waals surface area (Å²) in [6.07, 6.45) is 5.97. The second kappa shape index (κ2) is 10.6. The summed E-state index contributed by atoms with van der Waals surface area (Å²) in [6.45, 7) is 1.17. The Morgan fingerprint density at radius 3 is 2.75 bits per heavy atom. The Morgan fingerprint density at radius 2 is 2.20 bits per heavy atom. The zero-order valence-electron chi connectivity index (χ0n) is 11.6. The zero-order valence-corrected chi connectivity index (χ0v) is 14.7. The van der Waals surface area contributed by atoms with Crippen LogP contribution in [0.25, 0.3) is 0 Å². The molecule has 0 bridgehead atoms. The van der Waals surface area contributed by atoms with Gasteiger partial charge in [-0.3, -0.25) is 4.99 Å². The lowest BCUT2D eigenvalue weighted by molar-refractivity contribution is 0.414. The van der Waals surface area contributed by atoms with Gasteiger partial charge in [-0.15, -0.1) is 30.4 Å². The molecule has 110 valence electrons. The fraction of sp³-hybridized carbons (Fsp3) is 0.357. The minimum atomic E-state index is 0. The van der Waals surface area contributed by atoms with Crippen LogP contribution in [0.2, 0.25) is 5.02 Å². The van der Waals surface area contributed by atoms with E-state index in [9.17, 15) is 0 Å². The molecule has 0 aromatic heterocycles. The van der Waals surface area contributed by atoms with E-state index in [0.717, 1.165) is 24.3 Å². The maximum Gasteiger partial charge on any atom is 0.191 e. The second-order valence-electron chi connectivity index (χ2n) is 3.76. The number of rotatable bonds is 5. The molecule has 0 amide bonds. The zero-order chi connectivity index (χ0) is 14.1. The summed E-state index contributed by atoms with van der Waals surface area (Å²) in [5.41, 5.74) is 1.06. The van der Waals surface area contributed by atoms with E-state index in [4.69, 9.17) is 22.8 Å². The maximum absolute atomic E-state index is 6.16. The number of hydrogen-bond acceptors (Lipinski definition) is 2. The van der Waals surface area contributed by atoms with Crippen LogP contribution in [-0.2, 0) is 6.42 Å². The first-order chi connectivity index (χ1) is 9.21. The van der Waals surface area contributed by atoms with E-state index < -0.39 is 0 Å². The largest absolute Gasteiger partial charge is 0.497 e. The number of guanidine groups is 1. The topological polar surface area (TPSA) is 45.7 Å². The van der Waals surface area contributed by atoms with E-state index in [0.29, 0.717) is 17.5 Å². The summed E-state index contributed by atoms with van der Waals surface area (Å²) in [5, 5.41) is 6.85. The number of hydrogen-bond donors (Lipinski definition) is 2. The number of ether oxygens (including phenoxy) is 1. The normalized spacial score (nSPS) is 10.2. The van der Waals surface area contributed by atoms with Gasteiger partial charge in [0.2, 0.25) is 0 Å². The molecule has 4 nitrogen and oxygen atoms in total.